The number of hydrogen-bond donors (Lipinski definition) is 2. The number of amides is 2. The fraction of sp³-hybridized carbons (Fsp3) is 0.167. The summed E-state index contributed by atoms with van der Waals surface area (Å²) < 4.78 is 13.9. The maximum atomic E-state index is 12.9. The summed E-state index contributed by atoms with van der Waals surface area (Å²) in [5, 5.41) is 6.68. The molecule has 0 radical (unpaired) electrons. The predicted octanol–water partition coefficient (Wildman–Crippen LogP) is 3.69. The molecule has 0 fully saturated rings. The summed E-state index contributed by atoms with van der Waals surface area (Å²) in [6, 6.07) is 13.2. The maximum Gasteiger partial charge on any atom is 0.240 e. The number of anilines is 1. The molecule has 0 aliphatic carbocycles. The molecular formula is C18H17FIN3O2. The standard InChI is InChI=1S/C18H17FIN3O2/c1-12(13-2-4-14(19)5-3-13)22-23-18(25)11-10-17(24)21-16-8-6-15(20)7-9-16/h2-9H,10-11H2,1H3,(H,21,24)(H,23,25). The first-order chi connectivity index (χ1) is 11.9. The van der Waals surface area contributed by atoms with Crippen molar-refractivity contribution >= 4 is 45.8 Å². The van der Waals surface area contributed by atoms with Gasteiger partial charge < -0.3 is 5.32 Å². The zero-order valence-corrected chi connectivity index (χ0v) is 15.7. The highest BCUT2D eigenvalue weighted by Gasteiger charge is 2.07. The summed E-state index contributed by atoms with van der Waals surface area (Å²) in [5.41, 5.74) is 4.35. The van der Waals surface area contributed by atoms with Gasteiger partial charge in [0.2, 0.25) is 11.8 Å². The zero-order chi connectivity index (χ0) is 18.2. The van der Waals surface area contributed by atoms with Gasteiger partial charge in [0.05, 0.1) is 5.71 Å². The number of hydrazone groups is 1. The van der Waals surface area contributed by atoms with Gasteiger partial charge in [0.25, 0.3) is 0 Å². The van der Waals surface area contributed by atoms with Gasteiger partial charge in [0.15, 0.2) is 0 Å². The maximum absolute atomic E-state index is 12.9. The highest BCUT2D eigenvalue weighted by Crippen LogP contribution is 2.11. The molecule has 2 amide bonds. The van der Waals surface area contributed by atoms with E-state index < -0.39 is 0 Å². The average Bonchev–Trinajstić information content (AvgIpc) is 2.60. The predicted molar refractivity (Wildman–Crippen MR) is 104 cm³/mol. The van der Waals surface area contributed by atoms with Gasteiger partial charge in [-0.25, -0.2) is 9.82 Å². The van der Waals surface area contributed by atoms with Crippen molar-refractivity contribution in [3.05, 3.63) is 63.5 Å². The summed E-state index contributed by atoms with van der Waals surface area (Å²) >= 11 is 2.18. The summed E-state index contributed by atoms with van der Waals surface area (Å²) in [6.45, 7) is 1.71. The Bertz CT molecular complexity index is 774. The summed E-state index contributed by atoms with van der Waals surface area (Å²) in [7, 11) is 0. The minimum Gasteiger partial charge on any atom is -0.326 e. The quantitative estimate of drug-likeness (QED) is 0.398. The van der Waals surface area contributed by atoms with Gasteiger partial charge in [-0.2, -0.15) is 5.10 Å². The highest BCUT2D eigenvalue weighted by molar-refractivity contribution is 14.1. The molecule has 0 spiro atoms. The molecule has 0 aliphatic heterocycles. The van der Waals surface area contributed by atoms with Crippen molar-refractivity contribution < 1.29 is 14.0 Å². The van der Waals surface area contributed by atoms with Crippen LogP contribution in [0.3, 0.4) is 0 Å². The molecule has 0 heterocycles. The molecule has 7 heteroatoms. The molecular weight excluding hydrogens is 436 g/mol. The number of nitrogens with one attached hydrogen (secondary N) is 2. The van der Waals surface area contributed by atoms with E-state index in [2.05, 4.69) is 38.4 Å². The van der Waals surface area contributed by atoms with Crippen molar-refractivity contribution in [1.29, 1.82) is 0 Å². The van der Waals surface area contributed by atoms with Gasteiger partial charge in [-0.05, 0) is 71.5 Å². The molecule has 0 bridgehead atoms. The van der Waals surface area contributed by atoms with Crippen molar-refractivity contribution in [2.24, 2.45) is 5.10 Å². The third-order valence-corrected chi connectivity index (χ3v) is 4.04. The van der Waals surface area contributed by atoms with E-state index in [1.54, 1.807) is 31.2 Å². The molecule has 2 rings (SSSR count). The molecule has 25 heavy (non-hydrogen) atoms. The van der Waals surface area contributed by atoms with Crippen LogP contribution in [0.1, 0.15) is 25.3 Å². The van der Waals surface area contributed by atoms with Crippen LogP contribution in [0.5, 0.6) is 0 Å². The van der Waals surface area contributed by atoms with Crippen molar-refractivity contribution in [2.75, 3.05) is 5.32 Å². The lowest BCUT2D eigenvalue weighted by molar-refractivity contribution is -0.124. The van der Waals surface area contributed by atoms with Gasteiger partial charge in [0.1, 0.15) is 5.82 Å². The van der Waals surface area contributed by atoms with Crippen molar-refractivity contribution in [3.63, 3.8) is 0 Å². The Morgan fingerprint density at radius 3 is 2.24 bits per heavy atom. The van der Waals surface area contributed by atoms with E-state index in [1.165, 1.54) is 12.1 Å². The topological polar surface area (TPSA) is 70.6 Å². The monoisotopic (exact) mass is 453 g/mol. The van der Waals surface area contributed by atoms with Crippen LogP contribution >= 0.6 is 22.6 Å². The third kappa shape index (κ3) is 6.61. The van der Waals surface area contributed by atoms with Crippen LogP contribution in [0, 0.1) is 9.39 Å². The molecule has 0 atom stereocenters. The van der Waals surface area contributed by atoms with Crippen LogP contribution in [-0.2, 0) is 9.59 Å². The number of benzene rings is 2. The lowest BCUT2D eigenvalue weighted by Gasteiger charge is -2.05. The van der Waals surface area contributed by atoms with Crippen molar-refractivity contribution in [1.82, 2.24) is 5.43 Å². The van der Waals surface area contributed by atoms with E-state index in [1.807, 2.05) is 12.1 Å². The highest BCUT2D eigenvalue weighted by atomic mass is 127. The number of halogens is 2. The first kappa shape index (κ1) is 19.0. The van der Waals surface area contributed by atoms with E-state index in [0.717, 1.165) is 3.57 Å². The first-order valence-corrected chi connectivity index (χ1v) is 8.66. The second kappa shape index (κ2) is 9.26. The van der Waals surface area contributed by atoms with Crippen LogP contribution in [0.2, 0.25) is 0 Å². The first-order valence-electron chi connectivity index (χ1n) is 7.58. The SMILES string of the molecule is CC(=NNC(=O)CCC(=O)Nc1ccc(I)cc1)c1ccc(F)cc1. The number of rotatable bonds is 6. The molecule has 0 unspecified atom stereocenters. The normalized spacial score (nSPS) is 11.1. The molecule has 0 saturated heterocycles. The number of hydrogen-bond acceptors (Lipinski definition) is 3. The number of carbonyl (C=O) groups excluding carboxylic acids is 2. The Kier molecular flexibility index (Phi) is 7.05. The van der Waals surface area contributed by atoms with E-state index >= 15 is 0 Å². The second-order valence-electron chi connectivity index (χ2n) is 5.29. The fourth-order valence-corrected chi connectivity index (χ4v) is 2.30. The second-order valence-corrected chi connectivity index (χ2v) is 6.54. The van der Waals surface area contributed by atoms with Crippen LogP contribution in [0.4, 0.5) is 10.1 Å². The van der Waals surface area contributed by atoms with Crippen LogP contribution in [-0.4, -0.2) is 17.5 Å². The average molecular weight is 453 g/mol. The number of nitrogens with zero attached hydrogens (tertiary/aromatic N) is 1. The molecule has 130 valence electrons. The largest absolute Gasteiger partial charge is 0.326 e. The van der Waals surface area contributed by atoms with Crippen LogP contribution in [0.25, 0.3) is 0 Å². The summed E-state index contributed by atoms with van der Waals surface area (Å²) in [4.78, 5) is 23.6. The van der Waals surface area contributed by atoms with Crippen molar-refractivity contribution in [3.8, 4) is 0 Å². The summed E-state index contributed by atoms with van der Waals surface area (Å²) in [5.74, 6) is -0.936. The molecule has 2 N–H and O–H groups in total. The van der Waals surface area contributed by atoms with E-state index in [0.29, 0.717) is 17.0 Å². The number of carbonyl (C=O) groups is 2. The third-order valence-electron chi connectivity index (χ3n) is 3.32. The lowest BCUT2D eigenvalue weighted by atomic mass is 10.1. The van der Waals surface area contributed by atoms with Gasteiger partial charge in [-0.1, -0.05) is 12.1 Å². The van der Waals surface area contributed by atoms with Gasteiger partial charge in [-0.3, -0.25) is 9.59 Å². The zero-order valence-electron chi connectivity index (χ0n) is 13.6. The van der Waals surface area contributed by atoms with E-state index in [9.17, 15) is 14.0 Å². The smallest absolute Gasteiger partial charge is 0.240 e. The minimum absolute atomic E-state index is 0.0242. The molecule has 2 aromatic carbocycles. The minimum atomic E-state index is -0.362. The van der Waals surface area contributed by atoms with Gasteiger partial charge in [0, 0.05) is 22.1 Å². The van der Waals surface area contributed by atoms with Crippen LogP contribution in [0.15, 0.2) is 53.6 Å². The molecule has 0 aromatic heterocycles. The molecule has 5 nitrogen and oxygen atoms in total. The fourth-order valence-electron chi connectivity index (χ4n) is 1.94. The summed E-state index contributed by atoms with van der Waals surface area (Å²) in [6.07, 6.45) is 0.0827. The van der Waals surface area contributed by atoms with Gasteiger partial charge >= 0.3 is 0 Å². The van der Waals surface area contributed by atoms with E-state index in [4.69, 9.17) is 0 Å². The Hall–Kier alpha value is -2.29. The Morgan fingerprint density at radius 1 is 1.00 bits per heavy atom. The Balaban J connectivity index is 1.77. The lowest BCUT2D eigenvalue weighted by Crippen LogP contribution is -2.21. The van der Waals surface area contributed by atoms with E-state index in [-0.39, 0.29) is 30.5 Å². The van der Waals surface area contributed by atoms with Crippen LogP contribution < -0.4 is 10.7 Å². The Morgan fingerprint density at radius 2 is 1.60 bits per heavy atom. The Labute approximate surface area is 158 Å². The molecule has 0 saturated carbocycles. The molecule has 2 aromatic rings. The van der Waals surface area contributed by atoms with Gasteiger partial charge in [-0.15, -0.1) is 0 Å². The molecule has 0 aliphatic rings. The van der Waals surface area contributed by atoms with Crippen molar-refractivity contribution in [2.45, 2.75) is 19.8 Å².